The SMILES string of the molecule is c1ccc(N(c2ccccc2)c2ccc3cc(N(c4ccc5c(c4)oc4ccccc45)c4ccc5c(c4)oc4ccccc45)ccc3c2)cc1. The Labute approximate surface area is 288 Å². The highest BCUT2D eigenvalue weighted by atomic mass is 16.3. The Morgan fingerprint density at radius 3 is 1.10 bits per heavy atom. The second kappa shape index (κ2) is 11.4. The van der Waals surface area contributed by atoms with Crippen LogP contribution in [0.1, 0.15) is 0 Å². The number of hydrogen-bond donors (Lipinski definition) is 0. The minimum absolute atomic E-state index is 0.853. The fraction of sp³-hybridized carbons (Fsp3) is 0. The highest BCUT2D eigenvalue weighted by molar-refractivity contribution is 6.08. The number of benzene rings is 8. The van der Waals surface area contributed by atoms with Crippen LogP contribution in [0.5, 0.6) is 0 Å². The summed E-state index contributed by atoms with van der Waals surface area (Å²) < 4.78 is 12.7. The maximum atomic E-state index is 6.35. The van der Waals surface area contributed by atoms with Gasteiger partial charge in [-0.1, -0.05) is 84.9 Å². The van der Waals surface area contributed by atoms with Gasteiger partial charge in [0.2, 0.25) is 0 Å². The normalized spacial score (nSPS) is 11.6. The number of fused-ring (bicyclic) bond motifs is 7. The zero-order valence-electron chi connectivity index (χ0n) is 27.0. The predicted octanol–water partition coefficient (Wildman–Crippen LogP) is 13.6. The second-order valence-electron chi connectivity index (χ2n) is 12.6. The first kappa shape index (κ1) is 28.3. The molecule has 0 amide bonds. The van der Waals surface area contributed by atoms with Gasteiger partial charge in [0.15, 0.2) is 0 Å². The lowest BCUT2D eigenvalue weighted by Crippen LogP contribution is -2.10. The number of furan rings is 2. The quantitative estimate of drug-likeness (QED) is 0.181. The van der Waals surface area contributed by atoms with Crippen molar-refractivity contribution in [2.75, 3.05) is 9.80 Å². The van der Waals surface area contributed by atoms with E-state index in [0.717, 1.165) is 88.8 Å². The molecule has 0 saturated carbocycles. The van der Waals surface area contributed by atoms with Crippen LogP contribution in [0, 0.1) is 0 Å². The average Bonchev–Trinajstić information content (AvgIpc) is 3.73. The Morgan fingerprint density at radius 1 is 0.260 bits per heavy atom. The fourth-order valence-corrected chi connectivity index (χ4v) is 7.25. The molecule has 10 rings (SSSR count). The molecular formula is C46H30N2O2. The van der Waals surface area contributed by atoms with E-state index >= 15 is 0 Å². The van der Waals surface area contributed by atoms with Crippen molar-refractivity contribution >= 4 is 88.8 Å². The molecular weight excluding hydrogens is 613 g/mol. The number of para-hydroxylation sites is 4. The van der Waals surface area contributed by atoms with Crippen molar-refractivity contribution in [1.29, 1.82) is 0 Å². The molecule has 0 spiro atoms. The molecule has 0 unspecified atom stereocenters. The third-order valence-electron chi connectivity index (χ3n) is 9.59. The molecule has 4 nitrogen and oxygen atoms in total. The van der Waals surface area contributed by atoms with Gasteiger partial charge >= 0.3 is 0 Å². The van der Waals surface area contributed by atoms with Gasteiger partial charge in [-0.25, -0.2) is 0 Å². The third-order valence-corrected chi connectivity index (χ3v) is 9.59. The van der Waals surface area contributed by atoms with Crippen molar-refractivity contribution in [1.82, 2.24) is 0 Å². The lowest BCUT2D eigenvalue weighted by atomic mass is 10.1. The number of anilines is 6. The van der Waals surface area contributed by atoms with Gasteiger partial charge in [-0.15, -0.1) is 0 Å². The first-order valence-electron chi connectivity index (χ1n) is 16.8. The van der Waals surface area contributed by atoms with Crippen molar-refractivity contribution in [2.45, 2.75) is 0 Å². The molecule has 0 bridgehead atoms. The van der Waals surface area contributed by atoms with Crippen LogP contribution < -0.4 is 9.80 Å². The molecule has 10 aromatic rings. The molecule has 0 N–H and O–H groups in total. The van der Waals surface area contributed by atoms with Crippen molar-refractivity contribution in [3.63, 3.8) is 0 Å². The van der Waals surface area contributed by atoms with Gasteiger partial charge in [0.1, 0.15) is 22.3 Å². The van der Waals surface area contributed by atoms with Gasteiger partial charge in [-0.05, 0) is 95.7 Å². The fourth-order valence-electron chi connectivity index (χ4n) is 7.25. The number of nitrogens with zero attached hydrogens (tertiary/aromatic N) is 2. The van der Waals surface area contributed by atoms with E-state index in [1.807, 2.05) is 24.3 Å². The molecule has 50 heavy (non-hydrogen) atoms. The third kappa shape index (κ3) is 4.69. The molecule has 2 aromatic heterocycles. The molecule has 0 saturated heterocycles. The van der Waals surface area contributed by atoms with Crippen LogP contribution in [0.15, 0.2) is 191 Å². The molecule has 8 aromatic carbocycles. The van der Waals surface area contributed by atoms with Crippen LogP contribution in [0.4, 0.5) is 34.1 Å². The van der Waals surface area contributed by atoms with Crippen molar-refractivity contribution < 1.29 is 8.83 Å². The van der Waals surface area contributed by atoms with Crippen molar-refractivity contribution in [3.8, 4) is 0 Å². The summed E-state index contributed by atoms with van der Waals surface area (Å²) in [4.78, 5) is 4.58. The standard InChI is InChI=1S/C46H30N2O2/c1-3-11-33(12-4-1)47(34-13-5-2-6-14-34)35-21-19-32-28-36(22-20-31(32)27-35)48(37-23-25-41-39-15-7-9-17-43(39)49-45(41)29-37)38-24-26-42-40-16-8-10-18-44(40)50-46(42)30-38/h1-30H. The molecule has 0 aliphatic carbocycles. The van der Waals surface area contributed by atoms with Gasteiger partial charge in [0, 0.05) is 67.8 Å². The van der Waals surface area contributed by atoms with Crippen LogP contribution in [0.3, 0.4) is 0 Å². The summed E-state index contributed by atoms with van der Waals surface area (Å²) in [5, 5.41) is 6.74. The van der Waals surface area contributed by atoms with Gasteiger partial charge in [0.05, 0.1) is 0 Å². The summed E-state index contributed by atoms with van der Waals surface area (Å²) in [6, 6.07) is 63.8. The molecule has 236 valence electrons. The summed E-state index contributed by atoms with van der Waals surface area (Å²) >= 11 is 0. The molecule has 0 atom stereocenters. The summed E-state index contributed by atoms with van der Waals surface area (Å²) in [6.45, 7) is 0. The summed E-state index contributed by atoms with van der Waals surface area (Å²) in [7, 11) is 0. The summed E-state index contributed by atoms with van der Waals surface area (Å²) in [6.07, 6.45) is 0. The average molecular weight is 643 g/mol. The Morgan fingerprint density at radius 2 is 0.620 bits per heavy atom. The van der Waals surface area contributed by atoms with Crippen LogP contribution in [0.25, 0.3) is 54.6 Å². The zero-order valence-corrected chi connectivity index (χ0v) is 27.0. The summed E-state index contributed by atoms with van der Waals surface area (Å²) in [5.74, 6) is 0. The van der Waals surface area contributed by atoms with Crippen LogP contribution in [-0.4, -0.2) is 0 Å². The monoisotopic (exact) mass is 642 g/mol. The molecule has 4 heteroatoms. The molecule has 2 heterocycles. The largest absolute Gasteiger partial charge is 0.456 e. The Bertz CT molecular complexity index is 2680. The maximum absolute atomic E-state index is 6.35. The van der Waals surface area contributed by atoms with Crippen LogP contribution in [0.2, 0.25) is 0 Å². The topological polar surface area (TPSA) is 32.8 Å². The molecule has 0 fully saturated rings. The van der Waals surface area contributed by atoms with Crippen LogP contribution >= 0.6 is 0 Å². The first-order chi connectivity index (χ1) is 24.8. The van der Waals surface area contributed by atoms with E-state index in [0.29, 0.717) is 0 Å². The van der Waals surface area contributed by atoms with E-state index < -0.39 is 0 Å². The maximum Gasteiger partial charge on any atom is 0.137 e. The van der Waals surface area contributed by atoms with E-state index in [9.17, 15) is 0 Å². The Kier molecular flexibility index (Phi) is 6.46. The smallest absolute Gasteiger partial charge is 0.137 e. The van der Waals surface area contributed by atoms with E-state index in [-0.39, 0.29) is 0 Å². The van der Waals surface area contributed by atoms with E-state index in [2.05, 4.69) is 168 Å². The van der Waals surface area contributed by atoms with E-state index in [1.165, 1.54) is 0 Å². The second-order valence-corrected chi connectivity index (χ2v) is 12.6. The van der Waals surface area contributed by atoms with E-state index in [1.54, 1.807) is 0 Å². The van der Waals surface area contributed by atoms with Crippen molar-refractivity contribution in [3.05, 3.63) is 182 Å². The van der Waals surface area contributed by atoms with E-state index in [4.69, 9.17) is 8.83 Å². The lowest BCUT2D eigenvalue weighted by molar-refractivity contribution is 0.669. The molecule has 0 radical (unpaired) electrons. The van der Waals surface area contributed by atoms with Crippen LogP contribution in [-0.2, 0) is 0 Å². The van der Waals surface area contributed by atoms with Gasteiger partial charge in [-0.3, -0.25) is 0 Å². The predicted molar refractivity (Wildman–Crippen MR) is 208 cm³/mol. The zero-order chi connectivity index (χ0) is 33.0. The highest BCUT2D eigenvalue weighted by Crippen LogP contribution is 2.42. The molecule has 0 aliphatic rings. The number of rotatable bonds is 6. The highest BCUT2D eigenvalue weighted by Gasteiger charge is 2.19. The minimum atomic E-state index is 0.853. The van der Waals surface area contributed by atoms with Gasteiger partial charge < -0.3 is 18.6 Å². The minimum Gasteiger partial charge on any atom is -0.456 e. The van der Waals surface area contributed by atoms with Crippen molar-refractivity contribution in [2.24, 2.45) is 0 Å². The van der Waals surface area contributed by atoms with Gasteiger partial charge in [0.25, 0.3) is 0 Å². The number of hydrogen-bond acceptors (Lipinski definition) is 4. The molecule has 0 aliphatic heterocycles. The Balaban J connectivity index is 1.12. The first-order valence-corrected chi connectivity index (χ1v) is 16.8. The Hall–Kier alpha value is -6.78. The lowest BCUT2D eigenvalue weighted by Gasteiger charge is -2.27. The summed E-state index contributed by atoms with van der Waals surface area (Å²) in [5.41, 5.74) is 9.85. The van der Waals surface area contributed by atoms with Gasteiger partial charge in [-0.2, -0.15) is 0 Å².